The van der Waals surface area contributed by atoms with Crippen LogP contribution in [0.25, 0.3) is 11.2 Å². The number of nitrogens with zero attached hydrogens (tertiary/aromatic N) is 5. The summed E-state index contributed by atoms with van der Waals surface area (Å²) in [7, 11) is 0. The quantitative estimate of drug-likeness (QED) is 0.447. The molecule has 1 saturated heterocycles. The number of halogens is 3. The third-order valence-corrected chi connectivity index (χ3v) is 7.33. The minimum atomic E-state index is -4.43. The van der Waals surface area contributed by atoms with Gasteiger partial charge in [0.15, 0.2) is 11.5 Å². The van der Waals surface area contributed by atoms with Crippen LogP contribution in [0.1, 0.15) is 61.8 Å². The van der Waals surface area contributed by atoms with E-state index < -0.39 is 23.3 Å². The molecule has 204 valence electrons. The molecule has 38 heavy (non-hydrogen) atoms. The number of morpholine rings is 1. The summed E-state index contributed by atoms with van der Waals surface area (Å²) in [6, 6.07) is 5.05. The lowest BCUT2D eigenvalue weighted by molar-refractivity contribution is -0.137. The van der Waals surface area contributed by atoms with Crippen molar-refractivity contribution >= 4 is 28.9 Å². The molecule has 1 aromatic carbocycles. The van der Waals surface area contributed by atoms with Crippen LogP contribution in [0.15, 0.2) is 24.3 Å². The maximum Gasteiger partial charge on any atom is 0.416 e. The van der Waals surface area contributed by atoms with Gasteiger partial charge in [-0.3, -0.25) is 0 Å². The van der Waals surface area contributed by atoms with Crippen molar-refractivity contribution in [3.63, 3.8) is 0 Å². The first-order chi connectivity index (χ1) is 17.9. The van der Waals surface area contributed by atoms with Crippen molar-refractivity contribution in [2.75, 3.05) is 29.9 Å². The Kier molecular flexibility index (Phi) is 6.70. The van der Waals surface area contributed by atoms with Crippen molar-refractivity contribution in [3.8, 4) is 0 Å². The first-order valence-corrected chi connectivity index (χ1v) is 12.7. The van der Waals surface area contributed by atoms with Gasteiger partial charge in [-0.15, -0.1) is 0 Å². The van der Waals surface area contributed by atoms with E-state index in [-0.39, 0.29) is 24.1 Å². The first kappa shape index (κ1) is 26.2. The third-order valence-electron chi connectivity index (χ3n) is 7.33. The van der Waals surface area contributed by atoms with E-state index in [9.17, 15) is 23.1 Å². The summed E-state index contributed by atoms with van der Waals surface area (Å²) in [6.07, 6.45) is -1.13. The predicted octanol–water partition coefficient (Wildman–Crippen LogP) is 4.81. The van der Waals surface area contributed by atoms with Crippen LogP contribution in [0.2, 0.25) is 0 Å². The average Bonchev–Trinajstić information content (AvgIpc) is 3.15. The highest BCUT2D eigenvalue weighted by Gasteiger charge is 2.33. The fraction of sp³-hybridized carbons (Fsp3) is 0.538. The topological polar surface area (TPSA) is 105 Å². The molecule has 12 heteroatoms. The van der Waals surface area contributed by atoms with E-state index in [0.29, 0.717) is 48.5 Å². The zero-order valence-electron chi connectivity index (χ0n) is 21.5. The van der Waals surface area contributed by atoms with Crippen molar-refractivity contribution in [2.24, 2.45) is 5.92 Å². The maximum absolute atomic E-state index is 13.2. The number of hydrogen-bond donors (Lipinski definition) is 2. The highest BCUT2D eigenvalue weighted by atomic mass is 19.4. The summed E-state index contributed by atoms with van der Waals surface area (Å²) in [4.78, 5) is 27.2. The predicted molar refractivity (Wildman–Crippen MR) is 135 cm³/mol. The van der Waals surface area contributed by atoms with Gasteiger partial charge in [0.05, 0.1) is 24.3 Å². The Morgan fingerprint density at radius 2 is 1.92 bits per heavy atom. The molecule has 0 amide bonds. The summed E-state index contributed by atoms with van der Waals surface area (Å²) in [5.41, 5.74) is 0.185. The molecule has 2 aromatic heterocycles. The molecule has 3 aromatic rings. The number of benzene rings is 1. The second kappa shape index (κ2) is 9.72. The number of aromatic nitrogens is 4. The number of anilines is 2. The molecule has 9 nitrogen and oxygen atoms in total. The van der Waals surface area contributed by atoms with Crippen molar-refractivity contribution < 1.29 is 27.8 Å². The molecule has 1 aliphatic carbocycles. The molecular formula is C26H31F3N6O3. The van der Waals surface area contributed by atoms with Crippen LogP contribution in [0, 0.1) is 5.92 Å². The van der Waals surface area contributed by atoms with Crippen LogP contribution in [-0.4, -0.2) is 61.9 Å². The van der Waals surface area contributed by atoms with Crippen LogP contribution in [0.4, 0.5) is 24.9 Å². The van der Waals surface area contributed by atoms with E-state index in [2.05, 4.69) is 15.3 Å². The SMILES string of the molecule is C[C@@H](Nc1nc(C(=O)O)nc2nc(N3CCOC(C)(C)C3)n(Cc3ccc(C(F)(F)F)cc3)c12)C1CCC1. The molecule has 0 radical (unpaired) electrons. The number of aromatic carboxylic acids is 1. The van der Waals surface area contributed by atoms with E-state index in [4.69, 9.17) is 9.72 Å². The van der Waals surface area contributed by atoms with E-state index in [1.54, 1.807) is 0 Å². The normalized spacial score (nSPS) is 18.8. The zero-order valence-corrected chi connectivity index (χ0v) is 21.5. The molecule has 0 bridgehead atoms. The van der Waals surface area contributed by atoms with Crippen LogP contribution in [-0.2, 0) is 17.5 Å². The second-order valence-corrected chi connectivity index (χ2v) is 10.7. The molecule has 2 fully saturated rings. The molecule has 3 heterocycles. The molecule has 1 atom stereocenters. The number of carbonyl (C=O) groups is 1. The molecule has 2 N–H and O–H groups in total. The van der Waals surface area contributed by atoms with Gasteiger partial charge in [-0.25, -0.2) is 14.8 Å². The van der Waals surface area contributed by atoms with Crippen molar-refractivity contribution in [2.45, 2.75) is 64.4 Å². The van der Waals surface area contributed by atoms with Crippen LogP contribution in [0.5, 0.6) is 0 Å². The zero-order chi connectivity index (χ0) is 27.2. The number of ether oxygens (including phenoxy) is 1. The van der Waals surface area contributed by atoms with Crippen LogP contribution in [0.3, 0.4) is 0 Å². The molecule has 1 saturated carbocycles. The Morgan fingerprint density at radius 3 is 2.50 bits per heavy atom. The summed E-state index contributed by atoms with van der Waals surface area (Å²) < 4.78 is 47.2. The van der Waals surface area contributed by atoms with Gasteiger partial charge >= 0.3 is 12.1 Å². The van der Waals surface area contributed by atoms with Gasteiger partial charge < -0.3 is 24.6 Å². The second-order valence-electron chi connectivity index (χ2n) is 10.7. The standard InChI is InChI=1S/C26H31F3N6O3/c1-15(17-5-4-6-17)30-20-19-21(32-22(31-20)23(36)37)33-24(34-11-12-38-25(2,3)14-34)35(19)13-16-7-9-18(10-8-16)26(27,28)29/h7-10,15,17H,4-6,11-14H2,1-3H3,(H,36,37)(H,30,31,32)/t15-/m1/s1. The number of carboxylic acid groups (broad SMARTS) is 1. The summed E-state index contributed by atoms with van der Waals surface area (Å²) in [5.74, 6) is -0.303. The van der Waals surface area contributed by atoms with Crippen LogP contribution < -0.4 is 10.2 Å². The fourth-order valence-corrected chi connectivity index (χ4v) is 5.05. The number of hydrogen-bond acceptors (Lipinski definition) is 7. The van der Waals surface area contributed by atoms with E-state index in [0.717, 1.165) is 31.4 Å². The van der Waals surface area contributed by atoms with Gasteiger partial charge in [-0.1, -0.05) is 18.6 Å². The molecule has 2 aliphatic rings. The van der Waals surface area contributed by atoms with Gasteiger partial charge in [0.2, 0.25) is 11.8 Å². The van der Waals surface area contributed by atoms with Crippen molar-refractivity contribution in [1.29, 1.82) is 0 Å². The summed E-state index contributed by atoms with van der Waals surface area (Å²) >= 11 is 0. The number of fused-ring (bicyclic) bond motifs is 1. The van der Waals surface area contributed by atoms with Crippen LogP contribution >= 0.6 is 0 Å². The number of rotatable bonds is 7. The number of alkyl halides is 3. The molecule has 5 rings (SSSR count). The molecule has 1 aliphatic heterocycles. The average molecular weight is 533 g/mol. The van der Waals surface area contributed by atoms with Crippen molar-refractivity contribution in [1.82, 2.24) is 19.5 Å². The smallest absolute Gasteiger partial charge is 0.416 e. The van der Waals surface area contributed by atoms with E-state index in [1.807, 2.05) is 30.2 Å². The Balaban J connectivity index is 1.63. The van der Waals surface area contributed by atoms with Gasteiger partial charge in [0.1, 0.15) is 5.52 Å². The minimum absolute atomic E-state index is 0.0451. The van der Waals surface area contributed by atoms with Gasteiger partial charge in [0, 0.05) is 19.1 Å². The minimum Gasteiger partial charge on any atom is -0.475 e. The van der Waals surface area contributed by atoms with Gasteiger partial charge in [0.25, 0.3) is 0 Å². The fourth-order valence-electron chi connectivity index (χ4n) is 5.05. The lowest BCUT2D eigenvalue weighted by Gasteiger charge is -2.38. The number of imidazole rings is 1. The Labute approximate surface area is 218 Å². The van der Waals surface area contributed by atoms with Gasteiger partial charge in [-0.2, -0.15) is 18.2 Å². The third kappa shape index (κ3) is 5.27. The monoisotopic (exact) mass is 532 g/mol. The Morgan fingerprint density at radius 1 is 1.21 bits per heavy atom. The van der Waals surface area contributed by atoms with Gasteiger partial charge in [-0.05, 0) is 57.2 Å². The summed E-state index contributed by atoms with van der Waals surface area (Å²) in [5, 5.41) is 13.1. The highest BCUT2D eigenvalue weighted by molar-refractivity contribution is 5.91. The number of nitrogens with one attached hydrogen (secondary N) is 1. The largest absolute Gasteiger partial charge is 0.475 e. The summed E-state index contributed by atoms with van der Waals surface area (Å²) in [6.45, 7) is 7.70. The first-order valence-electron chi connectivity index (χ1n) is 12.7. The van der Waals surface area contributed by atoms with E-state index >= 15 is 0 Å². The molecule has 0 unspecified atom stereocenters. The maximum atomic E-state index is 13.2. The van der Waals surface area contributed by atoms with E-state index in [1.165, 1.54) is 12.1 Å². The molecular weight excluding hydrogens is 501 g/mol. The number of carboxylic acids is 1. The lowest BCUT2D eigenvalue weighted by atomic mass is 9.80. The Bertz CT molecular complexity index is 1330. The highest BCUT2D eigenvalue weighted by Crippen LogP contribution is 2.35. The molecule has 0 spiro atoms. The Hall–Kier alpha value is -3.41. The lowest BCUT2D eigenvalue weighted by Crippen LogP contribution is -2.49. The van der Waals surface area contributed by atoms with Crippen molar-refractivity contribution in [3.05, 3.63) is 41.2 Å².